The average Bonchev–Trinajstić information content (AvgIpc) is 3.54. The van der Waals surface area contributed by atoms with Crippen molar-refractivity contribution >= 4 is 23.1 Å². The van der Waals surface area contributed by atoms with Crippen LogP contribution >= 0.6 is 11.3 Å². The smallest absolute Gasteiger partial charge is 0.276 e. The van der Waals surface area contributed by atoms with Crippen LogP contribution in [-0.4, -0.2) is 61.9 Å². The number of piperazine rings is 1. The van der Waals surface area contributed by atoms with Gasteiger partial charge in [-0.25, -0.2) is 14.6 Å². The Morgan fingerprint density at radius 3 is 2.50 bits per heavy atom. The molecular weight excluding hydrogens is 426 g/mol. The molecule has 0 bridgehead atoms. The molecule has 0 spiro atoms. The van der Waals surface area contributed by atoms with Crippen LogP contribution in [0.25, 0.3) is 16.5 Å². The zero-order valence-electron chi connectivity index (χ0n) is 18.1. The van der Waals surface area contributed by atoms with Crippen LogP contribution in [0.4, 0.5) is 5.82 Å². The summed E-state index contributed by atoms with van der Waals surface area (Å²) >= 11 is 1.55. The Labute approximate surface area is 189 Å². The van der Waals surface area contributed by atoms with Crippen molar-refractivity contribution in [2.75, 3.05) is 31.1 Å². The highest BCUT2D eigenvalue weighted by Crippen LogP contribution is 2.26. The molecule has 4 aromatic heterocycles. The maximum Gasteiger partial charge on any atom is 0.276 e. The third kappa shape index (κ3) is 3.89. The zero-order chi connectivity index (χ0) is 22.2. The fourth-order valence-corrected chi connectivity index (χ4v) is 4.55. The minimum absolute atomic E-state index is 0.113. The second kappa shape index (κ2) is 8.19. The predicted molar refractivity (Wildman–Crippen MR) is 121 cm³/mol. The zero-order valence-corrected chi connectivity index (χ0v) is 19.0. The van der Waals surface area contributed by atoms with Gasteiger partial charge in [-0.3, -0.25) is 4.79 Å². The van der Waals surface area contributed by atoms with Gasteiger partial charge in [0.2, 0.25) is 0 Å². The Balaban J connectivity index is 1.29. The molecule has 0 saturated carbocycles. The Bertz CT molecular complexity index is 1250. The molecule has 1 saturated heterocycles. The molecule has 0 atom stereocenters. The van der Waals surface area contributed by atoms with Gasteiger partial charge in [-0.2, -0.15) is 5.10 Å². The lowest BCUT2D eigenvalue weighted by Gasteiger charge is -2.35. The highest BCUT2D eigenvalue weighted by molar-refractivity contribution is 7.13. The van der Waals surface area contributed by atoms with E-state index in [0.717, 1.165) is 27.9 Å². The van der Waals surface area contributed by atoms with Crippen molar-refractivity contribution in [2.24, 2.45) is 0 Å². The van der Waals surface area contributed by atoms with Crippen molar-refractivity contribution < 1.29 is 9.32 Å². The molecule has 5 rings (SSSR count). The quantitative estimate of drug-likeness (QED) is 0.472. The molecule has 0 unspecified atom stereocenters. The Morgan fingerprint density at radius 1 is 1.03 bits per heavy atom. The highest BCUT2D eigenvalue weighted by Gasteiger charge is 2.26. The summed E-state index contributed by atoms with van der Waals surface area (Å²) in [5, 5.41) is 10.5. The number of aryl methyl sites for hydroxylation is 3. The first-order chi connectivity index (χ1) is 15.5. The summed E-state index contributed by atoms with van der Waals surface area (Å²) in [7, 11) is 0. The van der Waals surface area contributed by atoms with E-state index < -0.39 is 0 Å². The third-order valence-electron chi connectivity index (χ3n) is 5.42. The van der Waals surface area contributed by atoms with Gasteiger partial charge in [-0.15, -0.1) is 11.3 Å². The topological polar surface area (TPSA) is 93.2 Å². The minimum atomic E-state index is -0.113. The maximum atomic E-state index is 12.9. The van der Waals surface area contributed by atoms with Crippen molar-refractivity contribution in [1.82, 2.24) is 29.8 Å². The number of rotatable bonds is 4. The summed E-state index contributed by atoms with van der Waals surface area (Å²) in [5.41, 5.74) is 2.31. The predicted octanol–water partition coefficient (Wildman–Crippen LogP) is 3.27. The first-order valence-electron chi connectivity index (χ1n) is 10.4. The lowest BCUT2D eigenvalue weighted by Crippen LogP contribution is -2.49. The SMILES string of the molecule is Cc1cc(C)n(-c2cc(N3CCN(C(=O)c4cc(-c5cccs5)on4)CC3)nc(C)n2)n1. The lowest BCUT2D eigenvalue weighted by atomic mass is 10.2. The lowest BCUT2D eigenvalue weighted by molar-refractivity contribution is 0.0736. The number of hydrogen-bond acceptors (Lipinski definition) is 8. The number of nitrogens with zero attached hydrogens (tertiary/aromatic N) is 7. The maximum absolute atomic E-state index is 12.9. The second-order valence-corrected chi connectivity index (χ2v) is 8.75. The Morgan fingerprint density at radius 2 is 1.81 bits per heavy atom. The summed E-state index contributed by atoms with van der Waals surface area (Å²) in [4.78, 5) is 27.0. The van der Waals surface area contributed by atoms with Crippen molar-refractivity contribution in [3.8, 4) is 16.5 Å². The van der Waals surface area contributed by atoms with Gasteiger partial charge in [0.15, 0.2) is 17.3 Å². The van der Waals surface area contributed by atoms with Gasteiger partial charge in [0.1, 0.15) is 11.6 Å². The minimum Gasteiger partial charge on any atom is -0.355 e. The first-order valence-corrected chi connectivity index (χ1v) is 11.3. The van der Waals surface area contributed by atoms with Gasteiger partial charge < -0.3 is 14.3 Å². The molecule has 9 nitrogen and oxygen atoms in total. The van der Waals surface area contributed by atoms with E-state index in [9.17, 15) is 4.79 Å². The van der Waals surface area contributed by atoms with Gasteiger partial charge in [0, 0.05) is 44.0 Å². The van der Waals surface area contributed by atoms with E-state index in [1.807, 2.05) is 60.0 Å². The van der Waals surface area contributed by atoms with E-state index >= 15 is 0 Å². The number of hydrogen-bond donors (Lipinski definition) is 0. The molecule has 164 valence electrons. The monoisotopic (exact) mass is 449 g/mol. The van der Waals surface area contributed by atoms with Gasteiger partial charge >= 0.3 is 0 Å². The number of amides is 1. The first kappa shape index (κ1) is 20.4. The molecule has 0 aromatic carbocycles. The molecule has 1 amide bonds. The van der Waals surface area contributed by atoms with E-state index in [-0.39, 0.29) is 5.91 Å². The number of aromatic nitrogens is 5. The van der Waals surface area contributed by atoms with Crippen LogP contribution in [0.3, 0.4) is 0 Å². The molecule has 1 aliphatic heterocycles. The van der Waals surface area contributed by atoms with Crippen molar-refractivity contribution in [2.45, 2.75) is 20.8 Å². The molecule has 32 heavy (non-hydrogen) atoms. The number of carbonyl (C=O) groups excluding carboxylic acids is 1. The molecule has 0 radical (unpaired) electrons. The van der Waals surface area contributed by atoms with Crippen molar-refractivity contribution in [3.63, 3.8) is 0 Å². The fraction of sp³-hybridized carbons (Fsp3) is 0.318. The van der Waals surface area contributed by atoms with Crippen LogP contribution in [-0.2, 0) is 0 Å². The molecule has 1 aliphatic rings. The normalized spacial score (nSPS) is 14.2. The molecular formula is C22H23N7O2S. The van der Waals surface area contributed by atoms with Gasteiger partial charge in [-0.1, -0.05) is 11.2 Å². The molecule has 0 aliphatic carbocycles. The number of carbonyl (C=O) groups is 1. The van der Waals surface area contributed by atoms with E-state index in [0.29, 0.717) is 43.5 Å². The fourth-order valence-electron chi connectivity index (χ4n) is 3.88. The van der Waals surface area contributed by atoms with Crippen LogP contribution in [0.15, 0.2) is 40.2 Å². The van der Waals surface area contributed by atoms with E-state index in [1.54, 1.807) is 17.4 Å². The molecule has 0 N–H and O–H groups in total. The van der Waals surface area contributed by atoms with E-state index in [2.05, 4.69) is 25.1 Å². The summed E-state index contributed by atoms with van der Waals surface area (Å²) in [6, 6.07) is 9.58. The van der Waals surface area contributed by atoms with Gasteiger partial charge in [0.25, 0.3) is 5.91 Å². The summed E-state index contributed by atoms with van der Waals surface area (Å²) < 4.78 is 7.20. The van der Waals surface area contributed by atoms with Gasteiger partial charge in [0.05, 0.1) is 10.6 Å². The number of anilines is 1. The van der Waals surface area contributed by atoms with Crippen LogP contribution in [0.5, 0.6) is 0 Å². The summed E-state index contributed by atoms with van der Waals surface area (Å²) in [5.74, 6) is 2.79. The summed E-state index contributed by atoms with van der Waals surface area (Å²) in [6.07, 6.45) is 0. The number of thiophene rings is 1. The third-order valence-corrected chi connectivity index (χ3v) is 6.31. The average molecular weight is 450 g/mol. The highest BCUT2D eigenvalue weighted by atomic mass is 32.1. The van der Waals surface area contributed by atoms with Crippen LogP contribution in [0.2, 0.25) is 0 Å². The van der Waals surface area contributed by atoms with Crippen molar-refractivity contribution in [3.05, 3.63) is 58.6 Å². The standard InChI is InChI=1S/C22H23N7O2S/c1-14-11-15(2)29(25-14)21-13-20(23-16(3)24-21)27-6-8-28(9-7-27)22(30)17-12-18(31-26-17)19-5-4-10-32-19/h4-5,10-13H,6-9H2,1-3H3. The largest absolute Gasteiger partial charge is 0.355 e. The van der Waals surface area contributed by atoms with Crippen LogP contribution in [0.1, 0.15) is 27.7 Å². The van der Waals surface area contributed by atoms with E-state index in [1.165, 1.54) is 0 Å². The van der Waals surface area contributed by atoms with Crippen LogP contribution in [0, 0.1) is 20.8 Å². The molecule has 5 heterocycles. The van der Waals surface area contributed by atoms with Crippen LogP contribution < -0.4 is 4.90 Å². The molecule has 1 fully saturated rings. The Kier molecular flexibility index (Phi) is 5.22. The van der Waals surface area contributed by atoms with Gasteiger partial charge in [-0.05, 0) is 38.3 Å². The summed E-state index contributed by atoms with van der Waals surface area (Å²) in [6.45, 7) is 8.37. The second-order valence-electron chi connectivity index (χ2n) is 7.80. The van der Waals surface area contributed by atoms with E-state index in [4.69, 9.17) is 4.52 Å². The molecule has 10 heteroatoms. The van der Waals surface area contributed by atoms with Crippen molar-refractivity contribution in [1.29, 1.82) is 0 Å². The molecule has 4 aromatic rings. The Hall–Kier alpha value is -3.53.